The minimum Gasteiger partial charge on any atom is -0.481 e. The first kappa shape index (κ1) is 17.5. The van der Waals surface area contributed by atoms with Crippen molar-refractivity contribution in [3.63, 3.8) is 0 Å². The molecule has 0 aliphatic heterocycles. The molecule has 0 aromatic carbocycles. The summed E-state index contributed by atoms with van der Waals surface area (Å²) in [7, 11) is 0. The molecule has 10 heteroatoms. The molecular weight excluding hydrogens is 280 g/mol. The van der Waals surface area contributed by atoms with Crippen LogP contribution in [0, 0.1) is 0 Å². The number of rotatable bonds is 7. The molecule has 0 aromatic heterocycles. The van der Waals surface area contributed by atoms with Gasteiger partial charge in [-0.2, -0.15) is 0 Å². The summed E-state index contributed by atoms with van der Waals surface area (Å²) in [5.41, 5.74) is -2.85. The van der Waals surface area contributed by atoms with Crippen molar-refractivity contribution in [1.82, 2.24) is 0 Å². The third kappa shape index (κ3) is 6.44. The van der Waals surface area contributed by atoms with Crippen molar-refractivity contribution < 1.29 is 48.8 Å². The number of ether oxygens (including phenoxy) is 2. The minimum atomic E-state index is -2.85. The highest BCUT2D eigenvalue weighted by Gasteiger charge is 2.41. The van der Waals surface area contributed by atoms with E-state index in [0.717, 1.165) is 6.92 Å². The highest BCUT2D eigenvalue weighted by atomic mass is 16.6. The van der Waals surface area contributed by atoms with Crippen molar-refractivity contribution in [1.29, 1.82) is 0 Å². The fourth-order valence-corrected chi connectivity index (χ4v) is 1.08. The maximum atomic E-state index is 11.2. The van der Waals surface area contributed by atoms with Gasteiger partial charge in [-0.3, -0.25) is 14.4 Å². The molecule has 0 aliphatic rings. The highest BCUT2D eigenvalue weighted by Crippen LogP contribution is 2.16. The van der Waals surface area contributed by atoms with Crippen LogP contribution < -0.4 is 0 Å². The molecule has 1 unspecified atom stereocenters. The molecule has 1 atom stereocenters. The zero-order valence-electron chi connectivity index (χ0n) is 10.3. The van der Waals surface area contributed by atoms with Crippen LogP contribution in [0.5, 0.6) is 0 Å². The molecule has 0 spiro atoms. The molecule has 10 nitrogen and oxygen atoms in total. The first-order valence-electron chi connectivity index (χ1n) is 5.11. The second kappa shape index (κ2) is 7.19. The predicted octanol–water partition coefficient (Wildman–Crippen LogP) is -1.70. The van der Waals surface area contributed by atoms with Gasteiger partial charge in [0.05, 0.1) is 12.8 Å². The summed E-state index contributed by atoms with van der Waals surface area (Å²) in [6.07, 6.45) is -2.41. The second-order valence-electron chi connectivity index (χ2n) is 3.71. The number of carboxylic acids is 2. The number of carbonyl (C=O) groups excluding carboxylic acids is 3. The highest BCUT2D eigenvalue weighted by molar-refractivity contribution is 5.89. The van der Waals surface area contributed by atoms with Crippen molar-refractivity contribution in [2.75, 3.05) is 6.61 Å². The Labute approximate surface area is 111 Å². The molecule has 112 valence electrons. The van der Waals surface area contributed by atoms with Crippen LogP contribution in [0.25, 0.3) is 0 Å². The summed E-state index contributed by atoms with van der Waals surface area (Å²) in [5, 5.41) is 26.6. The Morgan fingerprint density at radius 3 is 1.95 bits per heavy atom. The lowest BCUT2D eigenvalue weighted by molar-refractivity contribution is -0.174. The Hall–Kier alpha value is -2.49. The first-order chi connectivity index (χ1) is 9.06. The Morgan fingerprint density at radius 2 is 1.55 bits per heavy atom. The lowest BCUT2D eigenvalue weighted by Crippen LogP contribution is -2.43. The van der Waals surface area contributed by atoms with Gasteiger partial charge in [-0.1, -0.05) is 0 Å². The molecule has 0 rings (SSSR count). The van der Waals surface area contributed by atoms with E-state index < -0.39 is 54.9 Å². The molecule has 0 heterocycles. The van der Waals surface area contributed by atoms with Crippen molar-refractivity contribution in [2.24, 2.45) is 0 Å². The Bertz CT molecular complexity index is 439. The third-order valence-electron chi connectivity index (χ3n) is 1.89. The zero-order valence-corrected chi connectivity index (χ0v) is 10.3. The molecule has 0 saturated heterocycles. The van der Waals surface area contributed by atoms with E-state index in [1.165, 1.54) is 0 Å². The Morgan fingerprint density at radius 1 is 1.00 bits per heavy atom. The van der Waals surface area contributed by atoms with Crippen LogP contribution in [0.15, 0.2) is 0 Å². The number of aliphatic carboxylic acids is 2. The fourth-order valence-electron chi connectivity index (χ4n) is 1.08. The quantitative estimate of drug-likeness (QED) is 0.363. The second-order valence-corrected chi connectivity index (χ2v) is 3.71. The normalized spacial score (nSPS) is 12.9. The maximum Gasteiger partial charge on any atom is 0.351 e. The van der Waals surface area contributed by atoms with E-state index in [4.69, 9.17) is 10.2 Å². The smallest absolute Gasteiger partial charge is 0.351 e. The van der Waals surface area contributed by atoms with Gasteiger partial charge >= 0.3 is 29.8 Å². The summed E-state index contributed by atoms with van der Waals surface area (Å²) in [6.45, 7) is -0.0308. The van der Waals surface area contributed by atoms with Gasteiger partial charge in [-0.05, 0) is 0 Å². The van der Waals surface area contributed by atoms with Crippen LogP contribution >= 0.6 is 0 Å². The number of aliphatic hydroxyl groups is 1. The van der Waals surface area contributed by atoms with Gasteiger partial charge in [0, 0.05) is 6.92 Å². The van der Waals surface area contributed by atoms with E-state index in [1.807, 2.05) is 0 Å². The molecule has 0 aliphatic carbocycles. The van der Waals surface area contributed by atoms with E-state index in [9.17, 15) is 29.1 Å². The van der Waals surface area contributed by atoms with Crippen LogP contribution in [-0.2, 0) is 33.4 Å². The first-order valence-corrected chi connectivity index (χ1v) is 5.11. The number of hydrogen-bond acceptors (Lipinski definition) is 8. The van der Waals surface area contributed by atoms with Crippen LogP contribution in [0.2, 0.25) is 0 Å². The van der Waals surface area contributed by atoms with Gasteiger partial charge in [0.2, 0.25) is 0 Å². The van der Waals surface area contributed by atoms with Crippen molar-refractivity contribution in [3.8, 4) is 0 Å². The van der Waals surface area contributed by atoms with Crippen molar-refractivity contribution >= 4 is 29.8 Å². The van der Waals surface area contributed by atoms with E-state index in [2.05, 4.69) is 9.47 Å². The average molecular weight is 292 g/mol. The van der Waals surface area contributed by atoms with Crippen LogP contribution in [0.3, 0.4) is 0 Å². The average Bonchev–Trinajstić information content (AvgIpc) is 2.23. The zero-order chi connectivity index (χ0) is 15.9. The van der Waals surface area contributed by atoms with Gasteiger partial charge < -0.3 is 24.8 Å². The molecule has 0 bridgehead atoms. The number of carboxylic acid groups (broad SMARTS) is 2. The molecule has 0 aromatic rings. The van der Waals surface area contributed by atoms with E-state index >= 15 is 0 Å². The van der Waals surface area contributed by atoms with Gasteiger partial charge in [-0.25, -0.2) is 9.59 Å². The summed E-state index contributed by atoms with van der Waals surface area (Å²) < 4.78 is 8.26. The van der Waals surface area contributed by atoms with Crippen molar-refractivity contribution in [2.45, 2.75) is 25.4 Å². The summed E-state index contributed by atoms with van der Waals surface area (Å²) >= 11 is 0. The van der Waals surface area contributed by atoms with Crippen LogP contribution in [0.4, 0.5) is 0 Å². The molecule has 20 heavy (non-hydrogen) atoms. The topological polar surface area (TPSA) is 165 Å². The molecule has 0 fully saturated rings. The monoisotopic (exact) mass is 292 g/mol. The molecule has 0 amide bonds. The third-order valence-corrected chi connectivity index (χ3v) is 1.89. The lowest BCUT2D eigenvalue weighted by Gasteiger charge is -2.19. The predicted molar refractivity (Wildman–Crippen MR) is 57.2 cm³/mol. The molecule has 0 saturated carbocycles. The summed E-state index contributed by atoms with van der Waals surface area (Å²) in [6, 6.07) is 0. The standard InChI is InChI=1S/C10H12O10/c1-5(11)20-8(15)4-19-7(14)3-10(18,9(16)17)2-6(12)13/h18H,2-4H2,1H3,(H,12,13)(H,16,17). The summed E-state index contributed by atoms with van der Waals surface area (Å²) in [5.74, 6) is -7.03. The SMILES string of the molecule is CC(=O)OC(=O)COC(=O)CC(O)(CC(=O)O)C(=O)O. The fraction of sp³-hybridized carbons (Fsp3) is 0.500. The van der Waals surface area contributed by atoms with Crippen LogP contribution in [0.1, 0.15) is 19.8 Å². The van der Waals surface area contributed by atoms with Crippen LogP contribution in [-0.4, -0.2) is 57.4 Å². The Balaban J connectivity index is 4.48. The van der Waals surface area contributed by atoms with E-state index in [-0.39, 0.29) is 0 Å². The number of esters is 3. The van der Waals surface area contributed by atoms with Gasteiger partial charge in [0.15, 0.2) is 12.2 Å². The van der Waals surface area contributed by atoms with Gasteiger partial charge in [-0.15, -0.1) is 0 Å². The Kier molecular flexibility index (Phi) is 6.29. The lowest BCUT2D eigenvalue weighted by atomic mass is 9.96. The minimum absolute atomic E-state index is 0.932. The number of hydrogen-bond donors (Lipinski definition) is 3. The van der Waals surface area contributed by atoms with E-state index in [1.54, 1.807) is 0 Å². The van der Waals surface area contributed by atoms with Crippen molar-refractivity contribution in [3.05, 3.63) is 0 Å². The van der Waals surface area contributed by atoms with Gasteiger partial charge in [0.1, 0.15) is 0 Å². The molecule has 3 N–H and O–H groups in total. The number of carbonyl (C=O) groups is 5. The largest absolute Gasteiger partial charge is 0.481 e. The maximum absolute atomic E-state index is 11.2. The van der Waals surface area contributed by atoms with Gasteiger partial charge in [0.25, 0.3) is 0 Å². The van der Waals surface area contributed by atoms with E-state index in [0.29, 0.717) is 0 Å². The molecule has 0 radical (unpaired) electrons. The summed E-state index contributed by atoms with van der Waals surface area (Å²) in [4.78, 5) is 53.5. The molecular formula is C10H12O10.